The van der Waals surface area contributed by atoms with Gasteiger partial charge in [-0.05, 0) is 28.7 Å². The summed E-state index contributed by atoms with van der Waals surface area (Å²) in [6, 6.07) is 15.3. The molecule has 2 unspecified atom stereocenters. The van der Waals surface area contributed by atoms with Crippen LogP contribution >= 0.6 is 0 Å². The fourth-order valence-electron chi connectivity index (χ4n) is 3.19. The topological polar surface area (TPSA) is 61.4 Å². The minimum absolute atomic E-state index is 0.253. The summed E-state index contributed by atoms with van der Waals surface area (Å²) in [5.41, 5.74) is 4.46. The van der Waals surface area contributed by atoms with Crippen molar-refractivity contribution in [3.63, 3.8) is 0 Å². The highest BCUT2D eigenvalue weighted by Crippen LogP contribution is 2.31. The summed E-state index contributed by atoms with van der Waals surface area (Å²) in [5.74, 6) is 0. The van der Waals surface area contributed by atoms with Crippen molar-refractivity contribution in [3.8, 4) is 0 Å². The minimum Gasteiger partial charge on any atom is -0.390 e. The summed E-state index contributed by atoms with van der Waals surface area (Å²) in [4.78, 5) is 12.2. The summed E-state index contributed by atoms with van der Waals surface area (Å²) in [6.45, 7) is 2.59. The lowest BCUT2D eigenvalue weighted by atomic mass is 10.1. The Morgan fingerprint density at radius 1 is 1.13 bits per heavy atom. The van der Waals surface area contributed by atoms with Gasteiger partial charge in [-0.25, -0.2) is 4.79 Å². The lowest BCUT2D eigenvalue weighted by Gasteiger charge is -2.18. The molecule has 2 aromatic carbocycles. The van der Waals surface area contributed by atoms with Crippen LogP contribution in [0, 0.1) is 0 Å². The van der Waals surface area contributed by atoms with E-state index in [1.165, 1.54) is 5.56 Å². The first-order valence-corrected chi connectivity index (χ1v) is 8.06. The Morgan fingerprint density at radius 3 is 2.61 bits per heavy atom. The van der Waals surface area contributed by atoms with Gasteiger partial charge in [-0.3, -0.25) is 0 Å². The third kappa shape index (κ3) is 3.37. The fraction of sp³-hybridized carbons (Fsp3) is 0.316. The third-order valence-electron chi connectivity index (χ3n) is 4.43. The van der Waals surface area contributed by atoms with E-state index >= 15 is 0 Å². The Labute approximate surface area is 136 Å². The van der Waals surface area contributed by atoms with Crippen molar-refractivity contribution in [1.82, 2.24) is 10.6 Å². The van der Waals surface area contributed by atoms with Gasteiger partial charge in [0.05, 0.1) is 12.1 Å². The average molecular weight is 310 g/mol. The van der Waals surface area contributed by atoms with E-state index in [1.54, 1.807) is 0 Å². The predicted octanol–water partition coefficient (Wildman–Crippen LogP) is 2.71. The van der Waals surface area contributed by atoms with Crippen LogP contribution in [-0.2, 0) is 19.4 Å². The second kappa shape index (κ2) is 6.84. The molecule has 0 saturated heterocycles. The van der Waals surface area contributed by atoms with Crippen LogP contribution < -0.4 is 10.6 Å². The number of benzene rings is 2. The van der Waals surface area contributed by atoms with E-state index < -0.39 is 6.10 Å². The van der Waals surface area contributed by atoms with Gasteiger partial charge in [-0.15, -0.1) is 0 Å². The van der Waals surface area contributed by atoms with Crippen molar-refractivity contribution in [2.45, 2.75) is 38.5 Å². The lowest BCUT2D eigenvalue weighted by Crippen LogP contribution is -2.40. The number of aryl methyl sites for hydroxylation is 1. The number of aliphatic hydroxyl groups excluding tert-OH is 1. The van der Waals surface area contributed by atoms with Crippen molar-refractivity contribution in [2.24, 2.45) is 0 Å². The van der Waals surface area contributed by atoms with Crippen LogP contribution in [0.2, 0.25) is 0 Å². The van der Waals surface area contributed by atoms with Crippen LogP contribution in [0.3, 0.4) is 0 Å². The maximum atomic E-state index is 12.2. The number of hydrogen-bond donors (Lipinski definition) is 3. The molecule has 2 amide bonds. The monoisotopic (exact) mass is 310 g/mol. The van der Waals surface area contributed by atoms with Gasteiger partial charge < -0.3 is 15.7 Å². The summed E-state index contributed by atoms with van der Waals surface area (Å²) in [7, 11) is 0. The number of fused-ring (bicyclic) bond motifs is 1. The largest absolute Gasteiger partial charge is 0.390 e. The van der Waals surface area contributed by atoms with Gasteiger partial charge >= 0.3 is 6.03 Å². The normalized spacial score (nSPS) is 19.2. The molecule has 4 nitrogen and oxygen atoms in total. The number of amides is 2. The van der Waals surface area contributed by atoms with E-state index in [1.807, 2.05) is 42.5 Å². The molecule has 1 aliphatic rings. The molecule has 4 heteroatoms. The third-order valence-corrected chi connectivity index (χ3v) is 4.43. The Morgan fingerprint density at radius 2 is 1.83 bits per heavy atom. The zero-order valence-corrected chi connectivity index (χ0v) is 13.3. The average Bonchev–Trinajstić information content (AvgIpc) is 2.89. The first-order valence-electron chi connectivity index (χ1n) is 8.06. The molecular formula is C19H22N2O2. The van der Waals surface area contributed by atoms with Crippen molar-refractivity contribution in [1.29, 1.82) is 0 Å². The van der Waals surface area contributed by atoms with Crippen LogP contribution in [0.25, 0.3) is 0 Å². The van der Waals surface area contributed by atoms with E-state index in [9.17, 15) is 9.90 Å². The molecule has 0 heterocycles. The smallest absolute Gasteiger partial charge is 0.315 e. The summed E-state index contributed by atoms with van der Waals surface area (Å²) >= 11 is 0. The molecule has 3 rings (SSSR count). The van der Waals surface area contributed by atoms with Crippen molar-refractivity contribution in [3.05, 3.63) is 70.8 Å². The first kappa shape index (κ1) is 15.6. The minimum atomic E-state index is -0.568. The number of urea groups is 1. The second-order valence-electron chi connectivity index (χ2n) is 5.90. The molecule has 1 aliphatic carbocycles. The summed E-state index contributed by atoms with van der Waals surface area (Å²) < 4.78 is 0. The highest BCUT2D eigenvalue weighted by atomic mass is 16.3. The first-order chi connectivity index (χ1) is 11.2. The van der Waals surface area contributed by atoms with Crippen LogP contribution in [0.4, 0.5) is 4.79 Å². The number of aliphatic hydroxyl groups is 1. The van der Waals surface area contributed by atoms with Crippen LogP contribution in [0.1, 0.15) is 35.2 Å². The molecule has 0 spiro atoms. The summed E-state index contributed by atoms with van der Waals surface area (Å²) in [5, 5.41) is 16.0. The van der Waals surface area contributed by atoms with Gasteiger partial charge in [-0.2, -0.15) is 0 Å². The molecule has 0 bridgehead atoms. The molecule has 3 N–H and O–H groups in total. The van der Waals surface area contributed by atoms with Crippen molar-refractivity contribution in [2.75, 3.05) is 0 Å². The second-order valence-corrected chi connectivity index (χ2v) is 5.90. The maximum Gasteiger partial charge on any atom is 0.315 e. The number of hydrogen-bond acceptors (Lipinski definition) is 2. The maximum absolute atomic E-state index is 12.2. The number of carbonyl (C=O) groups is 1. The van der Waals surface area contributed by atoms with E-state index in [4.69, 9.17) is 0 Å². The molecule has 2 aromatic rings. The lowest BCUT2D eigenvalue weighted by molar-refractivity contribution is 0.142. The summed E-state index contributed by atoms with van der Waals surface area (Å²) in [6.07, 6.45) is 0.953. The molecule has 120 valence electrons. The Bertz CT molecular complexity index is 699. The van der Waals surface area contributed by atoms with Crippen LogP contribution in [0.5, 0.6) is 0 Å². The van der Waals surface area contributed by atoms with E-state index in [-0.39, 0.29) is 12.1 Å². The van der Waals surface area contributed by atoms with Gasteiger partial charge in [0.15, 0.2) is 0 Å². The Balaban J connectivity index is 1.62. The van der Waals surface area contributed by atoms with E-state index in [2.05, 4.69) is 23.6 Å². The van der Waals surface area contributed by atoms with Gasteiger partial charge in [0, 0.05) is 13.0 Å². The molecular weight excluding hydrogens is 288 g/mol. The highest BCUT2D eigenvalue weighted by Gasteiger charge is 2.31. The van der Waals surface area contributed by atoms with Gasteiger partial charge in [-0.1, -0.05) is 55.5 Å². The van der Waals surface area contributed by atoms with Gasteiger partial charge in [0.25, 0.3) is 0 Å². The van der Waals surface area contributed by atoms with E-state index in [0.717, 1.165) is 23.1 Å². The van der Waals surface area contributed by atoms with Crippen molar-refractivity contribution >= 4 is 6.03 Å². The molecule has 0 fully saturated rings. The SMILES string of the molecule is CCc1ccccc1CNC(=O)NC1c2ccccc2CC1O. The molecule has 0 aliphatic heterocycles. The van der Waals surface area contributed by atoms with E-state index in [0.29, 0.717) is 13.0 Å². The molecule has 0 radical (unpaired) electrons. The number of rotatable bonds is 4. The zero-order chi connectivity index (χ0) is 16.2. The standard InChI is InChI=1S/C19H22N2O2/c1-2-13-7-3-4-9-15(13)12-20-19(23)21-18-16-10-6-5-8-14(16)11-17(18)22/h3-10,17-18,22H,2,11-12H2,1H3,(H2,20,21,23). The quantitative estimate of drug-likeness (QED) is 0.813. The predicted molar refractivity (Wildman–Crippen MR) is 90.1 cm³/mol. The van der Waals surface area contributed by atoms with Gasteiger partial charge in [0.2, 0.25) is 0 Å². The molecule has 23 heavy (non-hydrogen) atoms. The van der Waals surface area contributed by atoms with Crippen molar-refractivity contribution < 1.29 is 9.90 Å². The number of carbonyl (C=O) groups excluding carboxylic acids is 1. The van der Waals surface area contributed by atoms with Gasteiger partial charge in [0.1, 0.15) is 0 Å². The molecule has 0 saturated carbocycles. The van der Waals surface area contributed by atoms with Crippen LogP contribution in [-0.4, -0.2) is 17.2 Å². The zero-order valence-electron chi connectivity index (χ0n) is 13.3. The molecule has 0 aromatic heterocycles. The Hall–Kier alpha value is -2.33. The highest BCUT2D eigenvalue weighted by molar-refractivity contribution is 5.74. The molecule has 2 atom stereocenters. The number of nitrogens with one attached hydrogen (secondary N) is 2. The van der Waals surface area contributed by atoms with Crippen LogP contribution in [0.15, 0.2) is 48.5 Å². The Kier molecular flexibility index (Phi) is 4.63. The fourth-order valence-corrected chi connectivity index (χ4v) is 3.19.